The first-order chi connectivity index (χ1) is 14.7. The number of aryl methyl sites for hydroxylation is 1. The van der Waals surface area contributed by atoms with Gasteiger partial charge in [-0.3, -0.25) is 0 Å². The Hall–Kier alpha value is -3.83. The SMILES string of the molecule is O=C(NC1CCN(c2ccc3nncn3n2)C1)OCCCc1cnc2ncnn2c1. The lowest BCUT2D eigenvalue weighted by Gasteiger charge is -2.17. The molecule has 0 spiro atoms. The molecule has 4 aromatic heterocycles. The van der Waals surface area contributed by atoms with Crippen LogP contribution in [0.4, 0.5) is 10.6 Å². The molecule has 0 aliphatic carbocycles. The number of nitrogens with zero attached hydrogens (tertiary/aromatic N) is 9. The van der Waals surface area contributed by atoms with Crippen molar-refractivity contribution in [3.8, 4) is 0 Å². The van der Waals surface area contributed by atoms with Crippen LogP contribution in [-0.2, 0) is 11.2 Å². The number of amides is 1. The fourth-order valence-corrected chi connectivity index (χ4v) is 3.51. The normalized spacial score (nSPS) is 16.4. The Balaban J connectivity index is 1.06. The van der Waals surface area contributed by atoms with Crippen LogP contribution in [0.2, 0.25) is 0 Å². The van der Waals surface area contributed by atoms with E-state index in [2.05, 4.69) is 40.6 Å². The first-order valence-corrected chi connectivity index (χ1v) is 9.74. The van der Waals surface area contributed by atoms with Gasteiger partial charge in [-0.05, 0) is 37.0 Å². The van der Waals surface area contributed by atoms with Gasteiger partial charge in [0.25, 0.3) is 5.78 Å². The van der Waals surface area contributed by atoms with Crippen LogP contribution in [-0.4, -0.2) is 71.2 Å². The molecule has 0 saturated carbocycles. The van der Waals surface area contributed by atoms with Crippen LogP contribution in [0.3, 0.4) is 0 Å². The maximum absolute atomic E-state index is 12.1. The summed E-state index contributed by atoms with van der Waals surface area (Å²) in [5.41, 5.74) is 1.72. The summed E-state index contributed by atoms with van der Waals surface area (Å²) in [6.07, 6.45) is 8.57. The molecule has 1 unspecified atom stereocenters. The van der Waals surface area contributed by atoms with Crippen LogP contribution in [0.15, 0.2) is 37.2 Å². The largest absolute Gasteiger partial charge is 0.450 e. The first-order valence-electron chi connectivity index (χ1n) is 9.74. The molecule has 12 heteroatoms. The molecule has 12 nitrogen and oxygen atoms in total. The minimum absolute atomic E-state index is 0.0230. The molecule has 1 aliphatic heterocycles. The summed E-state index contributed by atoms with van der Waals surface area (Å²) in [7, 11) is 0. The van der Waals surface area contributed by atoms with E-state index in [1.165, 1.54) is 6.33 Å². The van der Waals surface area contributed by atoms with Crippen molar-refractivity contribution in [3.05, 3.63) is 42.7 Å². The highest BCUT2D eigenvalue weighted by atomic mass is 16.5. The Kier molecular flexibility index (Phi) is 4.79. The van der Waals surface area contributed by atoms with Crippen molar-refractivity contribution in [1.82, 2.24) is 44.7 Å². The summed E-state index contributed by atoms with van der Waals surface area (Å²) in [4.78, 5) is 22.5. The lowest BCUT2D eigenvalue weighted by atomic mass is 10.2. The Morgan fingerprint density at radius 1 is 1.27 bits per heavy atom. The smallest absolute Gasteiger partial charge is 0.407 e. The van der Waals surface area contributed by atoms with E-state index in [0.29, 0.717) is 31.0 Å². The third-order valence-electron chi connectivity index (χ3n) is 5.01. The van der Waals surface area contributed by atoms with Crippen molar-refractivity contribution in [3.63, 3.8) is 0 Å². The molecule has 4 aromatic rings. The topological polar surface area (TPSA) is 128 Å². The number of alkyl carbamates (subject to hydrolysis) is 1. The molecule has 1 amide bonds. The maximum Gasteiger partial charge on any atom is 0.407 e. The van der Waals surface area contributed by atoms with E-state index < -0.39 is 6.09 Å². The monoisotopic (exact) mass is 408 g/mol. The standard InChI is InChI=1S/C18H20N10O2/c29-18(30-7-1-2-13-8-19-17-20-11-22-27(17)9-13)23-14-5-6-26(10-14)16-4-3-15-24-21-12-28(15)25-16/h3-4,8-9,11-12,14H,1-2,5-7,10H2,(H,23,29). The van der Waals surface area contributed by atoms with Crippen molar-refractivity contribution in [1.29, 1.82) is 0 Å². The Morgan fingerprint density at radius 3 is 3.20 bits per heavy atom. The fraction of sp³-hybridized carbons (Fsp3) is 0.389. The fourth-order valence-electron chi connectivity index (χ4n) is 3.51. The summed E-state index contributed by atoms with van der Waals surface area (Å²) in [6, 6.07) is 3.81. The van der Waals surface area contributed by atoms with Crippen molar-refractivity contribution < 1.29 is 9.53 Å². The second-order valence-corrected chi connectivity index (χ2v) is 7.11. The number of fused-ring (bicyclic) bond motifs is 2. The second kappa shape index (κ2) is 7.89. The van der Waals surface area contributed by atoms with Gasteiger partial charge in [0.2, 0.25) is 0 Å². The molecular weight excluding hydrogens is 388 g/mol. The number of rotatable bonds is 6. The number of anilines is 1. The number of ether oxygens (including phenoxy) is 1. The minimum atomic E-state index is -0.395. The third kappa shape index (κ3) is 3.83. The highest BCUT2D eigenvalue weighted by Crippen LogP contribution is 2.18. The summed E-state index contributed by atoms with van der Waals surface area (Å²) < 4.78 is 8.60. The molecule has 5 heterocycles. The zero-order chi connectivity index (χ0) is 20.3. The highest BCUT2D eigenvalue weighted by Gasteiger charge is 2.25. The van der Waals surface area contributed by atoms with Crippen molar-refractivity contribution in [2.75, 3.05) is 24.6 Å². The number of hydrogen-bond donors (Lipinski definition) is 1. The molecule has 30 heavy (non-hydrogen) atoms. The molecule has 0 aromatic carbocycles. The average Bonchev–Trinajstić information content (AvgIpc) is 3.50. The molecule has 1 aliphatic rings. The van der Waals surface area contributed by atoms with Crippen LogP contribution in [0.5, 0.6) is 0 Å². The van der Waals surface area contributed by atoms with Gasteiger partial charge in [-0.15, -0.1) is 15.3 Å². The zero-order valence-corrected chi connectivity index (χ0v) is 16.1. The van der Waals surface area contributed by atoms with Gasteiger partial charge in [-0.25, -0.2) is 14.3 Å². The van der Waals surface area contributed by atoms with E-state index in [-0.39, 0.29) is 6.04 Å². The summed E-state index contributed by atoms with van der Waals surface area (Å²) in [5.74, 6) is 1.40. The van der Waals surface area contributed by atoms with Gasteiger partial charge >= 0.3 is 6.09 Å². The quantitative estimate of drug-likeness (QED) is 0.454. The van der Waals surface area contributed by atoms with E-state index >= 15 is 0 Å². The van der Waals surface area contributed by atoms with Crippen molar-refractivity contribution >= 4 is 23.3 Å². The molecule has 0 bridgehead atoms. The van der Waals surface area contributed by atoms with Gasteiger partial charge in [-0.1, -0.05) is 0 Å². The molecule has 154 valence electrons. The van der Waals surface area contributed by atoms with E-state index in [1.54, 1.807) is 21.6 Å². The van der Waals surface area contributed by atoms with Gasteiger partial charge in [0.15, 0.2) is 5.65 Å². The minimum Gasteiger partial charge on any atom is -0.450 e. The van der Waals surface area contributed by atoms with Gasteiger partial charge in [0, 0.05) is 25.5 Å². The number of carbonyl (C=O) groups excluding carboxylic acids is 1. The van der Waals surface area contributed by atoms with Crippen molar-refractivity contribution in [2.24, 2.45) is 0 Å². The number of carbonyl (C=O) groups is 1. The molecule has 0 radical (unpaired) electrons. The summed E-state index contributed by atoms with van der Waals surface area (Å²) >= 11 is 0. The molecule has 1 atom stereocenters. The average molecular weight is 408 g/mol. The van der Waals surface area contributed by atoms with Crippen LogP contribution in [0, 0.1) is 0 Å². The maximum atomic E-state index is 12.1. The Morgan fingerprint density at radius 2 is 2.23 bits per heavy atom. The lowest BCUT2D eigenvalue weighted by molar-refractivity contribution is 0.141. The van der Waals surface area contributed by atoms with Gasteiger partial charge in [0.05, 0.1) is 12.6 Å². The summed E-state index contributed by atoms with van der Waals surface area (Å²) in [6.45, 7) is 1.83. The van der Waals surface area contributed by atoms with Crippen LogP contribution < -0.4 is 10.2 Å². The highest BCUT2D eigenvalue weighted by molar-refractivity contribution is 5.67. The Labute approximate surface area is 170 Å². The van der Waals surface area contributed by atoms with Gasteiger partial charge < -0.3 is 15.0 Å². The van der Waals surface area contributed by atoms with E-state index in [9.17, 15) is 4.79 Å². The predicted molar refractivity (Wildman–Crippen MR) is 105 cm³/mol. The molecule has 5 rings (SSSR count). The number of aromatic nitrogens is 8. The van der Waals surface area contributed by atoms with E-state index in [4.69, 9.17) is 4.74 Å². The first kappa shape index (κ1) is 18.2. The summed E-state index contributed by atoms with van der Waals surface area (Å²) in [5, 5.41) is 19.3. The Bertz CT molecular complexity index is 1170. The third-order valence-corrected chi connectivity index (χ3v) is 5.01. The van der Waals surface area contributed by atoms with Crippen LogP contribution in [0.1, 0.15) is 18.4 Å². The number of hydrogen-bond acceptors (Lipinski definition) is 9. The molecule has 1 N–H and O–H groups in total. The zero-order valence-electron chi connectivity index (χ0n) is 16.1. The second-order valence-electron chi connectivity index (χ2n) is 7.11. The molecular formula is C18H20N10O2. The van der Waals surface area contributed by atoms with Crippen LogP contribution in [0.25, 0.3) is 11.4 Å². The van der Waals surface area contributed by atoms with Crippen LogP contribution >= 0.6 is 0 Å². The molecule has 1 saturated heterocycles. The number of nitrogens with one attached hydrogen (secondary N) is 1. The van der Waals surface area contributed by atoms with Gasteiger partial charge in [0.1, 0.15) is 18.5 Å². The van der Waals surface area contributed by atoms with E-state index in [1.807, 2.05) is 18.3 Å². The van der Waals surface area contributed by atoms with Gasteiger partial charge in [-0.2, -0.15) is 14.6 Å². The predicted octanol–water partition coefficient (Wildman–Crippen LogP) is 0.500. The molecule has 1 fully saturated rings. The van der Waals surface area contributed by atoms with E-state index in [0.717, 1.165) is 30.8 Å². The lowest BCUT2D eigenvalue weighted by Crippen LogP contribution is -2.37. The van der Waals surface area contributed by atoms with Crippen molar-refractivity contribution in [2.45, 2.75) is 25.3 Å².